The largest absolute Gasteiger partial charge is 0.504 e. The van der Waals surface area contributed by atoms with Crippen LogP contribution in [-0.4, -0.2) is 38.8 Å². The number of hydrogen-bond acceptors (Lipinski definition) is 8. The summed E-state index contributed by atoms with van der Waals surface area (Å²) in [4.78, 5) is 29.5. The zero-order chi connectivity index (χ0) is 18.8. The van der Waals surface area contributed by atoms with Gasteiger partial charge in [-0.25, -0.2) is 4.98 Å². The van der Waals surface area contributed by atoms with Crippen molar-refractivity contribution in [3.05, 3.63) is 28.3 Å². The van der Waals surface area contributed by atoms with Crippen LogP contribution in [0.3, 0.4) is 0 Å². The number of aromatic nitrogens is 1. The van der Waals surface area contributed by atoms with Gasteiger partial charge in [0.05, 0.1) is 18.2 Å². The highest BCUT2D eigenvalue weighted by Gasteiger charge is 2.28. The molecule has 1 aromatic carbocycles. The second-order valence-corrected chi connectivity index (χ2v) is 6.98. The van der Waals surface area contributed by atoms with E-state index in [1.807, 2.05) is 0 Å². The zero-order valence-corrected chi connectivity index (χ0v) is 14.8. The highest BCUT2D eigenvalue weighted by Crippen LogP contribution is 2.36. The Kier molecular flexibility index (Phi) is 4.99. The quantitative estimate of drug-likeness (QED) is 0.474. The second-order valence-electron chi connectivity index (χ2n) is 5.90. The molecule has 1 aliphatic rings. The van der Waals surface area contributed by atoms with Crippen molar-refractivity contribution in [2.24, 2.45) is 5.92 Å². The third-order valence-corrected chi connectivity index (χ3v) is 5.15. The van der Waals surface area contributed by atoms with E-state index in [4.69, 9.17) is 4.74 Å². The summed E-state index contributed by atoms with van der Waals surface area (Å²) in [5.74, 6) is -2.86. The van der Waals surface area contributed by atoms with Gasteiger partial charge < -0.3 is 20.1 Å². The van der Waals surface area contributed by atoms with Gasteiger partial charge in [-0.1, -0.05) is 0 Å². The molecule has 0 saturated carbocycles. The second kappa shape index (κ2) is 7.20. The van der Waals surface area contributed by atoms with Crippen molar-refractivity contribution in [3.8, 4) is 17.2 Å². The summed E-state index contributed by atoms with van der Waals surface area (Å²) in [7, 11) is 0. The molecule has 0 saturated heterocycles. The first-order chi connectivity index (χ1) is 12.4. The lowest BCUT2D eigenvalue weighted by molar-refractivity contribution is -0.148. The highest BCUT2D eigenvalue weighted by atomic mass is 32.1. The predicted octanol–water partition coefficient (Wildman–Crippen LogP) is 2.18. The summed E-state index contributed by atoms with van der Waals surface area (Å²) in [6, 6.07) is 2.10. The normalized spacial score (nSPS) is 16.0. The number of carbonyl (C=O) groups is 2. The number of benzene rings is 1. The maximum Gasteiger partial charge on any atom is 0.309 e. The molecule has 1 aliphatic carbocycles. The van der Waals surface area contributed by atoms with Crippen molar-refractivity contribution in [3.63, 3.8) is 0 Å². The number of phenolic OH excluding ortho intramolecular Hbond substituents is 3. The molecule has 4 N–H and O–H groups in total. The molecule has 9 heteroatoms. The minimum Gasteiger partial charge on any atom is -0.504 e. The van der Waals surface area contributed by atoms with Crippen molar-refractivity contribution >= 4 is 28.3 Å². The molecule has 0 spiro atoms. The average molecular weight is 378 g/mol. The van der Waals surface area contributed by atoms with Gasteiger partial charge in [-0.3, -0.25) is 14.9 Å². The monoisotopic (exact) mass is 378 g/mol. The fourth-order valence-corrected chi connectivity index (χ4v) is 3.88. The summed E-state index contributed by atoms with van der Waals surface area (Å²) in [5, 5.41) is 31.3. The zero-order valence-electron chi connectivity index (χ0n) is 14.0. The Morgan fingerprint density at radius 3 is 2.65 bits per heavy atom. The van der Waals surface area contributed by atoms with Gasteiger partial charge >= 0.3 is 5.97 Å². The van der Waals surface area contributed by atoms with E-state index in [1.54, 1.807) is 6.92 Å². The van der Waals surface area contributed by atoms with Crippen molar-refractivity contribution in [2.75, 3.05) is 11.9 Å². The summed E-state index contributed by atoms with van der Waals surface area (Å²) < 4.78 is 5.07. The average Bonchev–Trinajstić information content (AvgIpc) is 3.00. The number of thiazole rings is 1. The molecular formula is C17H18N2O6S. The van der Waals surface area contributed by atoms with Crippen LogP contribution in [0.25, 0.3) is 0 Å². The lowest BCUT2D eigenvalue weighted by Gasteiger charge is -2.18. The molecule has 1 aromatic heterocycles. The number of ether oxygens (including phenoxy) is 1. The minimum absolute atomic E-state index is 0.0182. The summed E-state index contributed by atoms with van der Waals surface area (Å²) >= 11 is 1.28. The number of fused-ring (bicyclic) bond motifs is 1. The van der Waals surface area contributed by atoms with Gasteiger partial charge in [-0.05, 0) is 38.3 Å². The number of aromatic hydroxyl groups is 3. The number of esters is 1. The third-order valence-electron chi connectivity index (χ3n) is 4.11. The standard InChI is InChI=1S/C17H18N2O6S/c1-2-25-16(24)8-3-4-10-13(7-8)26-17(18-10)19-15(23)9-5-11(20)14(22)12(21)6-9/h5-6,8,20-22H,2-4,7H2,1H3,(H,18,19,23). The van der Waals surface area contributed by atoms with E-state index in [2.05, 4.69) is 10.3 Å². The number of hydrogen-bond donors (Lipinski definition) is 4. The Morgan fingerprint density at radius 1 is 1.31 bits per heavy atom. The van der Waals surface area contributed by atoms with Crippen molar-refractivity contribution in [1.29, 1.82) is 0 Å². The van der Waals surface area contributed by atoms with E-state index in [0.717, 1.165) is 22.7 Å². The Balaban J connectivity index is 1.73. The number of nitrogens with zero attached hydrogens (tertiary/aromatic N) is 1. The van der Waals surface area contributed by atoms with Gasteiger partial charge in [0.15, 0.2) is 22.4 Å². The van der Waals surface area contributed by atoms with E-state index in [0.29, 0.717) is 31.0 Å². The smallest absolute Gasteiger partial charge is 0.309 e. The van der Waals surface area contributed by atoms with Crippen LogP contribution in [0, 0.1) is 5.92 Å². The number of carbonyl (C=O) groups excluding carboxylic acids is 2. The fraction of sp³-hybridized carbons (Fsp3) is 0.353. The van der Waals surface area contributed by atoms with Crippen molar-refractivity contribution < 1.29 is 29.6 Å². The molecule has 0 radical (unpaired) electrons. The minimum atomic E-state index is -0.684. The van der Waals surface area contributed by atoms with E-state index < -0.39 is 23.2 Å². The summed E-state index contributed by atoms with van der Waals surface area (Å²) in [6.45, 7) is 2.11. The first-order valence-corrected chi connectivity index (χ1v) is 8.92. The van der Waals surface area contributed by atoms with Crippen LogP contribution < -0.4 is 5.32 Å². The van der Waals surface area contributed by atoms with E-state index >= 15 is 0 Å². The summed E-state index contributed by atoms with van der Waals surface area (Å²) in [6.07, 6.45) is 1.82. The number of aryl methyl sites for hydroxylation is 1. The number of amides is 1. The first-order valence-electron chi connectivity index (χ1n) is 8.10. The molecular weight excluding hydrogens is 360 g/mol. The molecule has 0 aliphatic heterocycles. The molecule has 3 rings (SSSR count). The molecule has 0 fully saturated rings. The Hall–Kier alpha value is -2.81. The van der Waals surface area contributed by atoms with Crippen LogP contribution in [0.4, 0.5) is 5.13 Å². The molecule has 1 unspecified atom stereocenters. The predicted molar refractivity (Wildman–Crippen MR) is 93.7 cm³/mol. The topological polar surface area (TPSA) is 129 Å². The molecule has 1 heterocycles. The van der Waals surface area contributed by atoms with Gasteiger partial charge in [-0.15, -0.1) is 11.3 Å². The van der Waals surface area contributed by atoms with Gasteiger partial charge in [0.2, 0.25) is 0 Å². The van der Waals surface area contributed by atoms with Crippen LogP contribution in [0.15, 0.2) is 12.1 Å². The van der Waals surface area contributed by atoms with Crippen LogP contribution in [0.2, 0.25) is 0 Å². The Labute approximate surface area is 153 Å². The molecule has 138 valence electrons. The maximum atomic E-state index is 12.3. The van der Waals surface area contributed by atoms with E-state index in [-0.39, 0.29) is 17.5 Å². The van der Waals surface area contributed by atoms with Crippen LogP contribution in [0.1, 0.15) is 34.3 Å². The van der Waals surface area contributed by atoms with Crippen LogP contribution >= 0.6 is 11.3 Å². The number of rotatable bonds is 4. The van der Waals surface area contributed by atoms with Gasteiger partial charge in [0.1, 0.15) is 0 Å². The molecule has 0 bridgehead atoms. The Bertz CT molecular complexity index is 840. The molecule has 1 amide bonds. The SMILES string of the molecule is CCOC(=O)C1CCc2nc(NC(=O)c3cc(O)c(O)c(O)c3)sc2C1. The third kappa shape index (κ3) is 3.57. The van der Waals surface area contributed by atoms with Crippen LogP contribution in [-0.2, 0) is 22.4 Å². The summed E-state index contributed by atoms with van der Waals surface area (Å²) in [5.41, 5.74) is 0.831. The van der Waals surface area contributed by atoms with Gasteiger partial charge in [0.25, 0.3) is 5.91 Å². The Morgan fingerprint density at radius 2 is 2.00 bits per heavy atom. The first kappa shape index (κ1) is 18.0. The van der Waals surface area contributed by atoms with E-state index in [1.165, 1.54) is 11.3 Å². The number of phenols is 3. The number of anilines is 1. The van der Waals surface area contributed by atoms with Crippen LogP contribution in [0.5, 0.6) is 17.2 Å². The molecule has 26 heavy (non-hydrogen) atoms. The van der Waals surface area contributed by atoms with Gasteiger partial charge in [-0.2, -0.15) is 0 Å². The molecule has 8 nitrogen and oxygen atoms in total. The van der Waals surface area contributed by atoms with Crippen molar-refractivity contribution in [2.45, 2.75) is 26.2 Å². The van der Waals surface area contributed by atoms with E-state index in [9.17, 15) is 24.9 Å². The fourth-order valence-electron chi connectivity index (χ4n) is 2.79. The lowest BCUT2D eigenvalue weighted by atomic mass is 9.91. The highest BCUT2D eigenvalue weighted by molar-refractivity contribution is 7.15. The molecule has 1 atom stereocenters. The lowest BCUT2D eigenvalue weighted by Crippen LogP contribution is -2.24. The molecule has 2 aromatic rings. The van der Waals surface area contributed by atoms with Crippen molar-refractivity contribution in [1.82, 2.24) is 4.98 Å². The number of nitrogens with one attached hydrogen (secondary N) is 1. The maximum absolute atomic E-state index is 12.3. The van der Waals surface area contributed by atoms with Gasteiger partial charge in [0, 0.05) is 10.4 Å².